The maximum atomic E-state index is 10.6. The molecule has 0 spiro atoms. The Kier molecular flexibility index (Phi) is 7.91. The van der Waals surface area contributed by atoms with Crippen LogP contribution in [0.15, 0.2) is 48.5 Å². The Hall–Kier alpha value is -2.08. The van der Waals surface area contributed by atoms with Gasteiger partial charge in [-0.15, -0.1) is 0 Å². The van der Waals surface area contributed by atoms with E-state index < -0.39 is 18.6 Å². The summed E-state index contributed by atoms with van der Waals surface area (Å²) in [5.74, 6) is 0.498. The maximum absolute atomic E-state index is 10.6. The van der Waals surface area contributed by atoms with Gasteiger partial charge in [-0.2, -0.15) is 0 Å². The molecule has 2 aromatic carbocycles. The number of aliphatic hydroxyl groups is 2. The molecule has 0 bridgehead atoms. The zero-order valence-corrected chi connectivity index (χ0v) is 15.4. The zero-order chi connectivity index (χ0) is 18.9. The van der Waals surface area contributed by atoms with Crippen molar-refractivity contribution < 1.29 is 20.1 Å². The summed E-state index contributed by atoms with van der Waals surface area (Å²) in [7, 11) is 0. The van der Waals surface area contributed by atoms with Gasteiger partial charge in [-0.1, -0.05) is 44.2 Å². The van der Waals surface area contributed by atoms with Crippen molar-refractivity contribution in [1.82, 2.24) is 5.32 Å². The van der Waals surface area contributed by atoms with Gasteiger partial charge in [0.1, 0.15) is 17.7 Å². The highest BCUT2D eigenvalue weighted by molar-refractivity contribution is 5.41. The Morgan fingerprint density at radius 1 is 1.00 bits per heavy atom. The molecule has 142 valence electrons. The predicted molar refractivity (Wildman–Crippen MR) is 102 cm³/mol. The van der Waals surface area contributed by atoms with Crippen molar-refractivity contribution in [3.8, 4) is 11.5 Å². The average Bonchev–Trinajstić information content (AvgIpc) is 2.66. The van der Waals surface area contributed by atoms with Crippen LogP contribution in [0.25, 0.3) is 0 Å². The van der Waals surface area contributed by atoms with E-state index in [9.17, 15) is 15.3 Å². The summed E-state index contributed by atoms with van der Waals surface area (Å²) < 4.78 is 5.93. The summed E-state index contributed by atoms with van der Waals surface area (Å²) in [4.78, 5) is 0. The first kappa shape index (κ1) is 20.2. The lowest BCUT2D eigenvalue weighted by Gasteiger charge is -2.24. The number of hydrogen-bond donors (Lipinski definition) is 4. The molecule has 0 heterocycles. The molecule has 0 aliphatic rings. The Morgan fingerprint density at radius 2 is 1.73 bits per heavy atom. The van der Waals surface area contributed by atoms with Crippen LogP contribution in [0.2, 0.25) is 0 Å². The van der Waals surface area contributed by atoms with E-state index in [0.29, 0.717) is 30.6 Å². The SMILES string of the molecule is CCC(O)NC(CC)Oc1cc(O)ccc1C(O)CCc1ccccc1. The largest absolute Gasteiger partial charge is 0.508 e. The standard InChI is InChI=1S/C21H29NO4/c1-3-20(25)22-21(4-2)26-19-14-16(23)11-12-17(19)18(24)13-10-15-8-6-5-7-9-15/h5-9,11-12,14,18,20-25H,3-4,10,13H2,1-2H3. The molecule has 3 atom stereocenters. The Morgan fingerprint density at radius 3 is 2.38 bits per heavy atom. The monoisotopic (exact) mass is 359 g/mol. The number of phenolic OH excluding ortho intramolecular Hbond substituents is 1. The van der Waals surface area contributed by atoms with Gasteiger partial charge >= 0.3 is 0 Å². The van der Waals surface area contributed by atoms with Crippen LogP contribution in [0.4, 0.5) is 0 Å². The number of aryl methyl sites for hydroxylation is 1. The van der Waals surface area contributed by atoms with E-state index in [1.807, 2.05) is 44.2 Å². The highest BCUT2D eigenvalue weighted by Gasteiger charge is 2.18. The van der Waals surface area contributed by atoms with Crippen molar-refractivity contribution in [2.24, 2.45) is 0 Å². The van der Waals surface area contributed by atoms with Gasteiger partial charge in [0.15, 0.2) is 6.23 Å². The van der Waals surface area contributed by atoms with Crippen LogP contribution < -0.4 is 10.1 Å². The van der Waals surface area contributed by atoms with Crippen LogP contribution in [0.3, 0.4) is 0 Å². The molecule has 2 rings (SSSR count). The van der Waals surface area contributed by atoms with Gasteiger partial charge in [-0.3, -0.25) is 5.32 Å². The van der Waals surface area contributed by atoms with Gasteiger partial charge in [-0.25, -0.2) is 0 Å². The second-order valence-electron chi connectivity index (χ2n) is 6.37. The van der Waals surface area contributed by atoms with Crippen molar-refractivity contribution in [2.45, 2.75) is 58.1 Å². The molecular weight excluding hydrogens is 330 g/mol. The Labute approximate surface area is 155 Å². The molecule has 0 fully saturated rings. The van der Waals surface area contributed by atoms with Crippen LogP contribution in [-0.4, -0.2) is 27.8 Å². The van der Waals surface area contributed by atoms with Crippen LogP contribution in [0.1, 0.15) is 50.3 Å². The molecule has 0 saturated carbocycles. The number of aromatic hydroxyl groups is 1. The fourth-order valence-corrected chi connectivity index (χ4v) is 2.72. The molecular formula is C21H29NO4. The minimum absolute atomic E-state index is 0.0740. The average molecular weight is 359 g/mol. The van der Waals surface area contributed by atoms with E-state index in [1.165, 1.54) is 6.07 Å². The molecule has 2 aromatic rings. The smallest absolute Gasteiger partial charge is 0.151 e. The van der Waals surface area contributed by atoms with Gasteiger partial charge < -0.3 is 20.1 Å². The Bertz CT molecular complexity index is 662. The molecule has 0 aliphatic heterocycles. The lowest BCUT2D eigenvalue weighted by Crippen LogP contribution is -2.41. The number of nitrogens with one attached hydrogen (secondary N) is 1. The van der Waals surface area contributed by atoms with Gasteiger partial charge in [0.2, 0.25) is 0 Å². The zero-order valence-electron chi connectivity index (χ0n) is 15.4. The fourth-order valence-electron chi connectivity index (χ4n) is 2.72. The molecule has 0 amide bonds. The topological polar surface area (TPSA) is 82.0 Å². The minimum Gasteiger partial charge on any atom is -0.508 e. The van der Waals surface area contributed by atoms with Crippen molar-refractivity contribution in [2.75, 3.05) is 0 Å². The second kappa shape index (κ2) is 10.2. The van der Waals surface area contributed by atoms with E-state index in [1.54, 1.807) is 12.1 Å². The summed E-state index contributed by atoms with van der Waals surface area (Å²) in [6.07, 6.45) is 0.702. The van der Waals surface area contributed by atoms with Gasteiger partial charge in [-0.05, 0) is 43.4 Å². The predicted octanol–water partition coefficient (Wildman–Crippen LogP) is 3.49. The third kappa shape index (κ3) is 6.02. The maximum Gasteiger partial charge on any atom is 0.151 e. The number of hydrogen-bond acceptors (Lipinski definition) is 5. The summed E-state index contributed by atoms with van der Waals surface area (Å²) >= 11 is 0. The van der Waals surface area contributed by atoms with Crippen molar-refractivity contribution in [3.63, 3.8) is 0 Å². The second-order valence-corrected chi connectivity index (χ2v) is 6.37. The first-order chi connectivity index (χ1) is 12.5. The highest BCUT2D eigenvalue weighted by atomic mass is 16.5. The van der Waals surface area contributed by atoms with Crippen molar-refractivity contribution >= 4 is 0 Å². The van der Waals surface area contributed by atoms with Crippen LogP contribution in [0, 0.1) is 0 Å². The van der Waals surface area contributed by atoms with E-state index in [-0.39, 0.29) is 5.75 Å². The molecule has 5 nitrogen and oxygen atoms in total. The lowest BCUT2D eigenvalue weighted by atomic mass is 10.0. The fraction of sp³-hybridized carbons (Fsp3) is 0.429. The number of aliphatic hydroxyl groups excluding tert-OH is 2. The summed E-state index contributed by atoms with van der Waals surface area (Å²) in [6.45, 7) is 3.81. The van der Waals surface area contributed by atoms with Crippen molar-refractivity contribution in [1.29, 1.82) is 0 Å². The quantitative estimate of drug-likeness (QED) is 0.488. The molecule has 5 heteroatoms. The number of benzene rings is 2. The van der Waals surface area contributed by atoms with Gasteiger partial charge in [0.05, 0.1) is 6.10 Å². The molecule has 3 unspecified atom stereocenters. The van der Waals surface area contributed by atoms with E-state index in [4.69, 9.17) is 4.74 Å². The molecule has 0 aromatic heterocycles. The molecule has 4 N–H and O–H groups in total. The van der Waals surface area contributed by atoms with E-state index in [2.05, 4.69) is 5.32 Å². The number of phenols is 1. The highest BCUT2D eigenvalue weighted by Crippen LogP contribution is 2.32. The summed E-state index contributed by atoms with van der Waals surface area (Å²) in [6, 6.07) is 14.7. The minimum atomic E-state index is -0.709. The first-order valence-electron chi connectivity index (χ1n) is 9.19. The summed E-state index contributed by atoms with van der Waals surface area (Å²) in [5.41, 5.74) is 1.79. The van der Waals surface area contributed by atoms with Crippen LogP contribution >= 0.6 is 0 Å². The van der Waals surface area contributed by atoms with E-state index in [0.717, 1.165) is 12.0 Å². The van der Waals surface area contributed by atoms with Crippen LogP contribution in [-0.2, 0) is 6.42 Å². The van der Waals surface area contributed by atoms with Crippen LogP contribution in [0.5, 0.6) is 11.5 Å². The summed E-state index contributed by atoms with van der Waals surface area (Å²) in [5, 5.41) is 33.2. The molecule has 0 radical (unpaired) electrons. The number of ether oxygens (including phenoxy) is 1. The van der Waals surface area contributed by atoms with E-state index >= 15 is 0 Å². The third-order valence-corrected chi connectivity index (χ3v) is 4.31. The van der Waals surface area contributed by atoms with Crippen molar-refractivity contribution in [3.05, 3.63) is 59.7 Å². The normalized spacial score (nSPS) is 14.6. The molecule has 0 saturated heterocycles. The number of rotatable bonds is 10. The molecule has 0 aliphatic carbocycles. The van der Waals surface area contributed by atoms with Gasteiger partial charge in [0.25, 0.3) is 0 Å². The lowest BCUT2D eigenvalue weighted by molar-refractivity contribution is 0.0496. The first-order valence-corrected chi connectivity index (χ1v) is 9.19. The molecule has 26 heavy (non-hydrogen) atoms. The Balaban J connectivity index is 2.10. The van der Waals surface area contributed by atoms with Gasteiger partial charge in [0, 0.05) is 11.6 Å². The third-order valence-electron chi connectivity index (χ3n) is 4.31.